The smallest absolute Gasteiger partial charge is 0.271 e. The van der Waals surface area contributed by atoms with Gasteiger partial charge in [0, 0.05) is 18.1 Å². The largest absolute Gasteiger partial charge is 0.484 e. The number of rotatable bonds is 5. The summed E-state index contributed by atoms with van der Waals surface area (Å²) >= 11 is 5.88. The van der Waals surface area contributed by atoms with E-state index in [0.717, 1.165) is 25.7 Å². The Hall–Kier alpha value is -1.62. The van der Waals surface area contributed by atoms with Gasteiger partial charge in [0.05, 0.1) is 9.95 Å². The highest BCUT2D eigenvalue weighted by Crippen LogP contribution is 2.30. The highest BCUT2D eigenvalue weighted by molar-refractivity contribution is 6.32. The van der Waals surface area contributed by atoms with Crippen LogP contribution in [-0.2, 0) is 4.79 Å². The molecule has 1 saturated carbocycles. The van der Waals surface area contributed by atoms with Gasteiger partial charge in [-0.1, -0.05) is 24.4 Å². The van der Waals surface area contributed by atoms with Crippen molar-refractivity contribution in [1.82, 2.24) is 0 Å². The van der Waals surface area contributed by atoms with Crippen molar-refractivity contribution in [1.29, 1.82) is 0 Å². The third-order valence-electron chi connectivity index (χ3n) is 3.31. The predicted octanol–water partition coefficient (Wildman–Crippen LogP) is 3.39. The molecule has 102 valence electrons. The second-order valence-corrected chi connectivity index (χ2v) is 5.02. The third-order valence-corrected chi connectivity index (χ3v) is 3.60. The molecule has 1 fully saturated rings. The monoisotopic (exact) mass is 283 g/mol. The third kappa shape index (κ3) is 3.44. The number of nitro groups is 1. The van der Waals surface area contributed by atoms with Crippen molar-refractivity contribution < 1.29 is 14.5 Å². The zero-order valence-electron chi connectivity index (χ0n) is 10.3. The highest BCUT2D eigenvalue weighted by atomic mass is 35.5. The van der Waals surface area contributed by atoms with E-state index in [9.17, 15) is 14.9 Å². The van der Waals surface area contributed by atoms with E-state index in [-0.39, 0.29) is 29.0 Å². The Kier molecular flexibility index (Phi) is 4.37. The minimum Gasteiger partial charge on any atom is -0.484 e. The first kappa shape index (κ1) is 13.8. The van der Waals surface area contributed by atoms with E-state index in [1.54, 1.807) is 0 Å². The van der Waals surface area contributed by atoms with Gasteiger partial charge in [-0.05, 0) is 18.9 Å². The first-order valence-corrected chi connectivity index (χ1v) is 6.55. The first-order chi connectivity index (χ1) is 9.08. The molecule has 6 heteroatoms. The molecule has 0 bridgehead atoms. The van der Waals surface area contributed by atoms with Crippen molar-refractivity contribution in [3.05, 3.63) is 33.3 Å². The maximum atomic E-state index is 11.8. The molecular weight excluding hydrogens is 270 g/mol. The number of nitrogens with zero attached hydrogens (tertiary/aromatic N) is 1. The minimum atomic E-state index is -0.528. The maximum absolute atomic E-state index is 11.8. The number of non-ortho nitro benzene ring substituents is 1. The zero-order chi connectivity index (χ0) is 13.8. The summed E-state index contributed by atoms with van der Waals surface area (Å²) in [5, 5.41) is 10.7. The molecule has 1 aromatic carbocycles. The van der Waals surface area contributed by atoms with Gasteiger partial charge < -0.3 is 4.74 Å². The molecule has 0 radical (unpaired) electrons. The molecule has 0 heterocycles. The average molecular weight is 284 g/mol. The fourth-order valence-electron chi connectivity index (χ4n) is 2.23. The summed E-state index contributed by atoms with van der Waals surface area (Å²) in [5.41, 5.74) is -0.0977. The van der Waals surface area contributed by atoms with Crippen LogP contribution in [0.4, 0.5) is 5.69 Å². The van der Waals surface area contributed by atoms with Crippen molar-refractivity contribution in [2.75, 3.05) is 6.61 Å². The number of carbonyl (C=O) groups excluding carboxylic acids is 1. The minimum absolute atomic E-state index is 0.0256. The second-order valence-electron chi connectivity index (χ2n) is 4.61. The van der Waals surface area contributed by atoms with Gasteiger partial charge >= 0.3 is 0 Å². The van der Waals surface area contributed by atoms with E-state index in [1.807, 2.05) is 0 Å². The van der Waals surface area contributed by atoms with Gasteiger partial charge in [-0.15, -0.1) is 0 Å². The van der Waals surface area contributed by atoms with Gasteiger partial charge in [-0.3, -0.25) is 14.9 Å². The topological polar surface area (TPSA) is 69.4 Å². The Morgan fingerprint density at radius 2 is 2.11 bits per heavy atom. The summed E-state index contributed by atoms with van der Waals surface area (Å²) in [5.74, 6) is 0.474. The molecule has 0 spiro atoms. The van der Waals surface area contributed by atoms with Crippen LogP contribution in [0.1, 0.15) is 25.7 Å². The van der Waals surface area contributed by atoms with Crippen LogP contribution in [-0.4, -0.2) is 17.3 Å². The van der Waals surface area contributed by atoms with Crippen LogP contribution in [0, 0.1) is 16.0 Å². The number of benzene rings is 1. The lowest BCUT2D eigenvalue weighted by molar-refractivity contribution is -0.384. The van der Waals surface area contributed by atoms with Crippen LogP contribution in [0.5, 0.6) is 5.75 Å². The molecule has 0 aromatic heterocycles. The molecule has 0 N–H and O–H groups in total. The SMILES string of the molecule is O=C(COc1ccc([N+](=O)[O-])cc1Cl)C1CCCC1. The van der Waals surface area contributed by atoms with Crippen LogP contribution in [0.25, 0.3) is 0 Å². The van der Waals surface area contributed by atoms with Crippen LogP contribution in [0.15, 0.2) is 18.2 Å². The Labute approximate surface area is 115 Å². The molecule has 0 atom stereocenters. The fourth-order valence-corrected chi connectivity index (χ4v) is 2.46. The van der Waals surface area contributed by atoms with Gasteiger partial charge in [-0.25, -0.2) is 0 Å². The van der Waals surface area contributed by atoms with Crippen molar-refractivity contribution in [3.8, 4) is 5.75 Å². The predicted molar refractivity (Wildman–Crippen MR) is 70.6 cm³/mol. The summed E-state index contributed by atoms with van der Waals surface area (Å²) in [6, 6.07) is 3.95. The van der Waals surface area contributed by atoms with E-state index in [4.69, 9.17) is 16.3 Å². The fraction of sp³-hybridized carbons (Fsp3) is 0.462. The number of carbonyl (C=O) groups is 1. The van der Waals surface area contributed by atoms with Gasteiger partial charge in [-0.2, -0.15) is 0 Å². The molecule has 5 nitrogen and oxygen atoms in total. The highest BCUT2D eigenvalue weighted by Gasteiger charge is 2.23. The second kappa shape index (κ2) is 6.02. The van der Waals surface area contributed by atoms with Crippen LogP contribution in [0.2, 0.25) is 5.02 Å². The molecular formula is C13H14ClNO4. The average Bonchev–Trinajstić information content (AvgIpc) is 2.90. The van der Waals surface area contributed by atoms with E-state index in [2.05, 4.69) is 0 Å². The Bertz CT molecular complexity index is 497. The number of nitro benzene ring substituents is 1. The van der Waals surface area contributed by atoms with Crippen molar-refractivity contribution in [2.24, 2.45) is 5.92 Å². The van der Waals surface area contributed by atoms with Gasteiger partial charge in [0.15, 0.2) is 5.78 Å². The standard InChI is InChI=1S/C13H14ClNO4/c14-11-7-10(15(17)18)5-6-13(11)19-8-12(16)9-3-1-2-4-9/h5-7,9H,1-4,8H2. The van der Waals surface area contributed by atoms with Crippen LogP contribution >= 0.6 is 11.6 Å². The quantitative estimate of drug-likeness (QED) is 0.613. The summed E-state index contributed by atoms with van der Waals surface area (Å²) in [6.07, 6.45) is 4.04. The summed E-state index contributed by atoms with van der Waals surface area (Å²) in [6.45, 7) is -0.0256. The molecule has 0 amide bonds. The summed E-state index contributed by atoms with van der Waals surface area (Å²) in [4.78, 5) is 21.9. The number of halogens is 1. The molecule has 1 aliphatic carbocycles. The molecule has 0 saturated heterocycles. The normalized spacial score (nSPS) is 15.4. The number of hydrogen-bond acceptors (Lipinski definition) is 4. The molecule has 1 aliphatic rings. The molecule has 0 aliphatic heterocycles. The van der Waals surface area contributed by atoms with Crippen LogP contribution in [0.3, 0.4) is 0 Å². The Morgan fingerprint density at radius 3 is 2.68 bits per heavy atom. The zero-order valence-corrected chi connectivity index (χ0v) is 11.1. The first-order valence-electron chi connectivity index (χ1n) is 6.17. The molecule has 0 unspecified atom stereocenters. The van der Waals surface area contributed by atoms with Gasteiger partial charge in [0.25, 0.3) is 5.69 Å². The van der Waals surface area contributed by atoms with Gasteiger partial charge in [0.1, 0.15) is 12.4 Å². The van der Waals surface area contributed by atoms with E-state index < -0.39 is 4.92 Å². The lowest BCUT2D eigenvalue weighted by Gasteiger charge is -2.10. The van der Waals surface area contributed by atoms with Crippen LogP contribution < -0.4 is 4.74 Å². The molecule has 19 heavy (non-hydrogen) atoms. The van der Waals surface area contributed by atoms with Gasteiger partial charge in [0.2, 0.25) is 0 Å². The van der Waals surface area contributed by atoms with Crippen molar-refractivity contribution in [2.45, 2.75) is 25.7 Å². The van der Waals surface area contributed by atoms with Crippen molar-refractivity contribution in [3.63, 3.8) is 0 Å². The number of ketones is 1. The van der Waals surface area contributed by atoms with E-state index in [0.29, 0.717) is 5.75 Å². The van der Waals surface area contributed by atoms with E-state index in [1.165, 1.54) is 18.2 Å². The summed E-state index contributed by atoms with van der Waals surface area (Å²) < 4.78 is 5.34. The number of hydrogen-bond donors (Lipinski definition) is 0. The molecule has 1 aromatic rings. The number of ether oxygens (including phenoxy) is 1. The Morgan fingerprint density at radius 1 is 1.42 bits per heavy atom. The van der Waals surface area contributed by atoms with E-state index >= 15 is 0 Å². The van der Waals surface area contributed by atoms with Crippen molar-refractivity contribution >= 4 is 23.1 Å². The number of Topliss-reactive ketones (excluding diaryl/α,β-unsaturated/α-hetero) is 1. The maximum Gasteiger partial charge on any atom is 0.271 e. The lowest BCUT2D eigenvalue weighted by Crippen LogP contribution is -2.19. The molecule has 2 rings (SSSR count). The Balaban J connectivity index is 1.95. The lowest BCUT2D eigenvalue weighted by atomic mass is 10.0. The summed E-state index contributed by atoms with van der Waals surface area (Å²) in [7, 11) is 0.